The molecule has 1 atom stereocenters. The van der Waals surface area contributed by atoms with Crippen LogP contribution in [0.4, 0.5) is 4.79 Å². The fourth-order valence-electron chi connectivity index (χ4n) is 3.23. The highest BCUT2D eigenvalue weighted by molar-refractivity contribution is 5.90. The van der Waals surface area contributed by atoms with Gasteiger partial charge in [-0.25, -0.2) is 4.79 Å². The maximum atomic E-state index is 11.5. The van der Waals surface area contributed by atoms with Gasteiger partial charge in [-0.3, -0.25) is 9.69 Å². The van der Waals surface area contributed by atoms with Crippen molar-refractivity contribution in [2.45, 2.75) is 37.8 Å². The van der Waals surface area contributed by atoms with Gasteiger partial charge in [0.2, 0.25) is 5.91 Å². The number of benzene rings is 1. The second kappa shape index (κ2) is 6.22. The van der Waals surface area contributed by atoms with Crippen LogP contribution >= 0.6 is 0 Å². The minimum atomic E-state index is -0.986. The minimum absolute atomic E-state index is 0.0542. The average Bonchev–Trinajstić information content (AvgIpc) is 2.52. The third-order valence-electron chi connectivity index (χ3n) is 4.49. The molecule has 1 aliphatic heterocycles. The number of rotatable bonds is 3. The van der Waals surface area contributed by atoms with E-state index in [0.717, 1.165) is 25.7 Å². The van der Waals surface area contributed by atoms with Gasteiger partial charge >= 0.3 is 6.09 Å². The van der Waals surface area contributed by atoms with Crippen LogP contribution in [0.3, 0.4) is 0 Å². The molecule has 2 fully saturated rings. The molecule has 3 rings (SSSR count). The van der Waals surface area contributed by atoms with Crippen molar-refractivity contribution < 1.29 is 14.7 Å². The normalized spacial score (nSPS) is 24.2. The third-order valence-corrected chi connectivity index (χ3v) is 4.49. The van der Waals surface area contributed by atoms with Crippen LogP contribution < -0.4 is 5.32 Å². The maximum absolute atomic E-state index is 11.5. The van der Waals surface area contributed by atoms with Crippen molar-refractivity contribution in [1.82, 2.24) is 10.2 Å². The molecule has 0 aromatic heterocycles. The van der Waals surface area contributed by atoms with Crippen LogP contribution in [0.5, 0.6) is 0 Å². The first kappa shape index (κ1) is 14.6. The molecule has 1 aromatic rings. The van der Waals surface area contributed by atoms with Crippen molar-refractivity contribution in [2.75, 3.05) is 6.54 Å². The lowest BCUT2D eigenvalue weighted by atomic mass is 9.87. The van der Waals surface area contributed by atoms with E-state index in [-0.39, 0.29) is 11.9 Å². The number of carbonyl (C=O) groups excluding carboxylic acids is 1. The van der Waals surface area contributed by atoms with Gasteiger partial charge in [0.25, 0.3) is 0 Å². The van der Waals surface area contributed by atoms with E-state index in [4.69, 9.17) is 0 Å². The van der Waals surface area contributed by atoms with Crippen molar-refractivity contribution in [1.29, 1.82) is 0 Å². The number of β-lactam (4-membered cyclic amide) rings is 1. The highest BCUT2D eigenvalue weighted by atomic mass is 16.4. The first-order valence-corrected chi connectivity index (χ1v) is 7.68. The molecule has 5 heteroatoms. The van der Waals surface area contributed by atoms with Crippen LogP contribution in [0.15, 0.2) is 35.9 Å². The molecule has 2 aliphatic rings. The van der Waals surface area contributed by atoms with Crippen molar-refractivity contribution in [2.24, 2.45) is 0 Å². The van der Waals surface area contributed by atoms with Crippen LogP contribution in [0.25, 0.3) is 6.08 Å². The Bertz CT molecular complexity index is 587. The number of nitrogens with one attached hydrogen (secondary N) is 1. The number of carbonyl (C=O) groups is 2. The molecule has 116 valence electrons. The van der Waals surface area contributed by atoms with Gasteiger partial charge in [0.1, 0.15) is 6.04 Å². The van der Waals surface area contributed by atoms with Crippen LogP contribution in [-0.4, -0.2) is 40.6 Å². The zero-order valence-corrected chi connectivity index (χ0v) is 12.4. The van der Waals surface area contributed by atoms with Crippen molar-refractivity contribution in [3.05, 3.63) is 41.5 Å². The largest absolute Gasteiger partial charge is 0.465 e. The van der Waals surface area contributed by atoms with E-state index in [1.807, 2.05) is 18.2 Å². The molecular weight excluding hydrogens is 280 g/mol. The summed E-state index contributed by atoms with van der Waals surface area (Å²) in [6.07, 6.45) is 4.55. The number of allylic oxidation sites excluding steroid dienone is 1. The summed E-state index contributed by atoms with van der Waals surface area (Å²) < 4.78 is 0. The van der Waals surface area contributed by atoms with Gasteiger partial charge < -0.3 is 10.4 Å². The average molecular weight is 300 g/mol. The molecule has 5 nitrogen and oxygen atoms in total. The molecule has 1 saturated carbocycles. The first-order valence-electron chi connectivity index (χ1n) is 7.68. The topological polar surface area (TPSA) is 69.6 Å². The predicted octanol–water partition coefficient (Wildman–Crippen LogP) is 2.49. The summed E-state index contributed by atoms with van der Waals surface area (Å²) in [5.74, 6) is -0.173. The van der Waals surface area contributed by atoms with Gasteiger partial charge in [0, 0.05) is 12.6 Å². The number of amides is 2. The second-order valence-corrected chi connectivity index (χ2v) is 5.90. The van der Waals surface area contributed by atoms with Crippen LogP contribution in [-0.2, 0) is 4.79 Å². The Morgan fingerprint density at radius 1 is 1.23 bits per heavy atom. The van der Waals surface area contributed by atoms with E-state index in [9.17, 15) is 14.7 Å². The fourth-order valence-corrected chi connectivity index (χ4v) is 3.23. The summed E-state index contributed by atoms with van der Waals surface area (Å²) in [6, 6.07) is 9.61. The number of hydrogen-bond donors (Lipinski definition) is 2. The molecule has 2 amide bonds. The Hall–Kier alpha value is -2.30. The molecule has 0 bridgehead atoms. The molecular formula is C17H20N2O3. The first-order chi connectivity index (χ1) is 10.6. The van der Waals surface area contributed by atoms with Gasteiger partial charge in [-0.1, -0.05) is 42.0 Å². The number of nitrogens with zero attached hydrogens (tertiary/aromatic N) is 1. The fraction of sp³-hybridized carbons (Fsp3) is 0.412. The lowest BCUT2D eigenvalue weighted by Crippen LogP contribution is -2.65. The third kappa shape index (κ3) is 2.98. The molecule has 0 spiro atoms. The number of carboxylic acid groups (broad SMARTS) is 1. The summed E-state index contributed by atoms with van der Waals surface area (Å²) in [4.78, 5) is 24.3. The summed E-state index contributed by atoms with van der Waals surface area (Å²) in [6.45, 7) is 0.439. The van der Waals surface area contributed by atoms with E-state index in [0.29, 0.717) is 6.54 Å². The Labute approximate surface area is 129 Å². The van der Waals surface area contributed by atoms with Crippen molar-refractivity contribution in [3.8, 4) is 0 Å². The summed E-state index contributed by atoms with van der Waals surface area (Å²) in [7, 11) is 0. The van der Waals surface area contributed by atoms with Gasteiger partial charge in [-0.15, -0.1) is 0 Å². The molecule has 2 N–H and O–H groups in total. The lowest BCUT2D eigenvalue weighted by Gasteiger charge is -2.41. The maximum Gasteiger partial charge on any atom is 0.408 e. The van der Waals surface area contributed by atoms with Crippen molar-refractivity contribution >= 4 is 18.1 Å². The zero-order chi connectivity index (χ0) is 15.5. The van der Waals surface area contributed by atoms with Gasteiger partial charge in [-0.2, -0.15) is 0 Å². The Morgan fingerprint density at radius 3 is 2.41 bits per heavy atom. The SMILES string of the molecule is O=C1NC[C@@H]1N(C(=O)O)C1CCC(=Cc2ccccc2)CC1. The second-order valence-electron chi connectivity index (χ2n) is 5.90. The Morgan fingerprint density at radius 2 is 1.91 bits per heavy atom. The lowest BCUT2D eigenvalue weighted by molar-refractivity contribution is -0.133. The Kier molecular flexibility index (Phi) is 4.13. The molecule has 22 heavy (non-hydrogen) atoms. The molecule has 1 aliphatic carbocycles. The van der Waals surface area contributed by atoms with Crippen LogP contribution in [0.1, 0.15) is 31.2 Å². The highest BCUT2D eigenvalue weighted by Crippen LogP contribution is 2.30. The Balaban J connectivity index is 1.64. The van der Waals surface area contributed by atoms with Gasteiger partial charge in [0.05, 0.1) is 0 Å². The van der Waals surface area contributed by atoms with E-state index < -0.39 is 12.1 Å². The van der Waals surface area contributed by atoms with E-state index in [1.165, 1.54) is 16.0 Å². The van der Waals surface area contributed by atoms with Gasteiger partial charge in [0.15, 0.2) is 0 Å². The molecule has 0 radical (unpaired) electrons. The number of hydrogen-bond acceptors (Lipinski definition) is 2. The van der Waals surface area contributed by atoms with E-state index in [2.05, 4.69) is 23.5 Å². The predicted molar refractivity (Wildman–Crippen MR) is 83.3 cm³/mol. The van der Waals surface area contributed by atoms with Crippen LogP contribution in [0.2, 0.25) is 0 Å². The molecule has 1 heterocycles. The molecule has 1 saturated heterocycles. The van der Waals surface area contributed by atoms with E-state index in [1.54, 1.807) is 0 Å². The molecule has 1 aromatic carbocycles. The zero-order valence-electron chi connectivity index (χ0n) is 12.4. The summed E-state index contributed by atoms with van der Waals surface area (Å²) in [5, 5.41) is 12.0. The summed E-state index contributed by atoms with van der Waals surface area (Å²) >= 11 is 0. The van der Waals surface area contributed by atoms with Crippen LogP contribution in [0, 0.1) is 0 Å². The quantitative estimate of drug-likeness (QED) is 0.843. The van der Waals surface area contributed by atoms with E-state index >= 15 is 0 Å². The van der Waals surface area contributed by atoms with Gasteiger partial charge in [-0.05, 0) is 31.2 Å². The highest BCUT2D eigenvalue weighted by Gasteiger charge is 2.40. The monoisotopic (exact) mass is 300 g/mol. The molecule has 0 unspecified atom stereocenters. The summed E-state index contributed by atoms with van der Waals surface area (Å²) in [5.41, 5.74) is 2.54. The standard InChI is InChI=1S/C17H20N2O3/c20-16-15(11-18-16)19(17(21)22)14-8-6-13(7-9-14)10-12-4-2-1-3-5-12/h1-5,10,14-15H,6-9,11H2,(H,18,20)(H,21,22)/t14?,15-/m0/s1. The minimum Gasteiger partial charge on any atom is -0.465 e. The van der Waals surface area contributed by atoms with Crippen molar-refractivity contribution in [3.63, 3.8) is 0 Å². The smallest absolute Gasteiger partial charge is 0.408 e.